The van der Waals surface area contributed by atoms with Gasteiger partial charge in [0.2, 0.25) is 0 Å². The molecule has 58 valence electrons. The van der Waals surface area contributed by atoms with Crippen LogP contribution in [0, 0.1) is 0 Å². The first-order valence-electron chi connectivity index (χ1n) is 3.50. The fraction of sp³-hybridized carbons (Fsp3) is 0.857. The Bertz CT molecular complexity index is 136. The summed E-state index contributed by atoms with van der Waals surface area (Å²) in [7, 11) is 1.68. The van der Waals surface area contributed by atoms with Crippen molar-refractivity contribution in [2.24, 2.45) is 0 Å². The number of ketones is 1. The minimum absolute atomic E-state index is 0.0324. The lowest BCUT2D eigenvalue weighted by Gasteiger charge is -2.04. The SMILES string of the molecule is COC1CNC(C(C)=O)C1. The average Bonchev–Trinajstić information content (AvgIpc) is 2.34. The molecule has 0 amide bonds. The smallest absolute Gasteiger partial charge is 0.146 e. The van der Waals surface area contributed by atoms with Gasteiger partial charge >= 0.3 is 0 Å². The van der Waals surface area contributed by atoms with Crippen molar-refractivity contribution in [3.63, 3.8) is 0 Å². The fourth-order valence-electron chi connectivity index (χ4n) is 1.19. The van der Waals surface area contributed by atoms with Crippen LogP contribution in [0.5, 0.6) is 0 Å². The van der Waals surface area contributed by atoms with E-state index >= 15 is 0 Å². The van der Waals surface area contributed by atoms with Gasteiger partial charge in [-0.05, 0) is 13.3 Å². The van der Waals surface area contributed by atoms with Crippen molar-refractivity contribution in [2.75, 3.05) is 13.7 Å². The normalized spacial score (nSPS) is 32.6. The van der Waals surface area contributed by atoms with Gasteiger partial charge in [0.1, 0.15) is 5.78 Å². The molecule has 0 radical (unpaired) electrons. The summed E-state index contributed by atoms with van der Waals surface area (Å²) in [5, 5.41) is 3.08. The zero-order valence-corrected chi connectivity index (χ0v) is 6.39. The predicted molar refractivity (Wildman–Crippen MR) is 37.9 cm³/mol. The molecule has 1 aliphatic rings. The Morgan fingerprint density at radius 2 is 2.40 bits per heavy atom. The quantitative estimate of drug-likeness (QED) is 0.589. The van der Waals surface area contributed by atoms with Crippen molar-refractivity contribution in [2.45, 2.75) is 25.5 Å². The molecule has 0 aromatic carbocycles. The van der Waals surface area contributed by atoms with E-state index in [2.05, 4.69) is 5.32 Å². The molecule has 1 aliphatic heterocycles. The second-order valence-corrected chi connectivity index (χ2v) is 2.66. The van der Waals surface area contributed by atoms with Crippen molar-refractivity contribution < 1.29 is 9.53 Å². The molecule has 1 fully saturated rings. The molecule has 0 spiro atoms. The first-order valence-corrected chi connectivity index (χ1v) is 3.50. The lowest BCUT2D eigenvalue weighted by Crippen LogP contribution is -2.28. The number of nitrogens with one attached hydrogen (secondary N) is 1. The van der Waals surface area contributed by atoms with E-state index in [1.807, 2.05) is 0 Å². The van der Waals surface area contributed by atoms with Crippen molar-refractivity contribution in [3.8, 4) is 0 Å². The molecule has 0 aliphatic carbocycles. The highest BCUT2D eigenvalue weighted by Crippen LogP contribution is 2.09. The highest BCUT2D eigenvalue weighted by molar-refractivity contribution is 5.81. The van der Waals surface area contributed by atoms with E-state index in [1.54, 1.807) is 14.0 Å². The van der Waals surface area contributed by atoms with Crippen LogP contribution < -0.4 is 5.32 Å². The maximum absolute atomic E-state index is 10.8. The van der Waals surface area contributed by atoms with E-state index in [4.69, 9.17) is 4.74 Å². The van der Waals surface area contributed by atoms with Gasteiger partial charge in [-0.3, -0.25) is 4.79 Å². The molecule has 0 aromatic rings. The molecular weight excluding hydrogens is 130 g/mol. The number of hydrogen-bond donors (Lipinski definition) is 1. The van der Waals surface area contributed by atoms with Crippen LogP contribution in [0.1, 0.15) is 13.3 Å². The Labute approximate surface area is 60.7 Å². The van der Waals surface area contributed by atoms with Gasteiger partial charge in [0.15, 0.2) is 0 Å². The molecule has 10 heavy (non-hydrogen) atoms. The number of hydrogen-bond acceptors (Lipinski definition) is 3. The number of methoxy groups -OCH3 is 1. The molecule has 2 atom stereocenters. The van der Waals surface area contributed by atoms with E-state index in [0.29, 0.717) is 0 Å². The van der Waals surface area contributed by atoms with Gasteiger partial charge in [0.05, 0.1) is 12.1 Å². The van der Waals surface area contributed by atoms with Crippen LogP contribution in [0.15, 0.2) is 0 Å². The van der Waals surface area contributed by atoms with Gasteiger partial charge in [-0.15, -0.1) is 0 Å². The minimum Gasteiger partial charge on any atom is -0.380 e. The fourth-order valence-corrected chi connectivity index (χ4v) is 1.19. The number of carbonyl (C=O) groups excluding carboxylic acids is 1. The van der Waals surface area contributed by atoms with Crippen molar-refractivity contribution >= 4 is 5.78 Å². The summed E-state index contributed by atoms with van der Waals surface area (Å²) in [4.78, 5) is 10.8. The van der Waals surface area contributed by atoms with E-state index in [1.165, 1.54) is 0 Å². The summed E-state index contributed by atoms with van der Waals surface area (Å²) in [5.74, 6) is 0.208. The standard InChI is InChI=1S/C7H13NO2/c1-5(9)7-3-6(10-2)4-8-7/h6-8H,3-4H2,1-2H3. The first-order chi connectivity index (χ1) is 4.74. The number of rotatable bonds is 2. The van der Waals surface area contributed by atoms with Crippen LogP contribution in [0.2, 0.25) is 0 Å². The summed E-state index contributed by atoms with van der Waals surface area (Å²) >= 11 is 0. The summed E-state index contributed by atoms with van der Waals surface area (Å²) in [6, 6.07) is 0.0324. The summed E-state index contributed by atoms with van der Waals surface area (Å²) in [6.07, 6.45) is 1.06. The first kappa shape index (κ1) is 7.69. The van der Waals surface area contributed by atoms with Gasteiger partial charge in [-0.1, -0.05) is 0 Å². The summed E-state index contributed by atoms with van der Waals surface area (Å²) in [6.45, 7) is 2.41. The van der Waals surface area contributed by atoms with E-state index < -0.39 is 0 Å². The van der Waals surface area contributed by atoms with Crippen molar-refractivity contribution in [3.05, 3.63) is 0 Å². The zero-order valence-electron chi connectivity index (χ0n) is 6.39. The minimum atomic E-state index is 0.0324. The van der Waals surface area contributed by atoms with Crippen LogP contribution in [0.4, 0.5) is 0 Å². The molecule has 1 rings (SSSR count). The lowest BCUT2D eigenvalue weighted by molar-refractivity contribution is -0.118. The van der Waals surface area contributed by atoms with E-state index in [0.717, 1.165) is 13.0 Å². The van der Waals surface area contributed by atoms with Gasteiger partial charge in [-0.2, -0.15) is 0 Å². The third-order valence-electron chi connectivity index (χ3n) is 1.91. The summed E-state index contributed by atoms with van der Waals surface area (Å²) in [5.41, 5.74) is 0. The van der Waals surface area contributed by atoms with Crippen molar-refractivity contribution in [1.29, 1.82) is 0 Å². The van der Waals surface area contributed by atoms with Crippen molar-refractivity contribution in [1.82, 2.24) is 5.32 Å². The maximum Gasteiger partial charge on any atom is 0.146 e. The van der Waals surface area contributed by atoms with Crippen LogP contribution in [-0.2, 0) is 9.53 Å². The highest BCUT2D eigenvalue weighted by atomic mass is 16.5. The third-order valence-corrected chi connectivity index (χ3v) is 1.91. The molecule has 0 aromatic heterocycles. The number of Topliss-reactive ketones (excluding diaryl/α,β-unsaturated/α-hetero) is 1. The number of ether oxygens (including phenoxy) is 1. The van der Waals surface area contributed by atoms with E-state index in [9.17, 15) is 4.79 Å². The molecule has 2 unspecified atom stereocenters. The molecular formula is C7H13NO2. The van der Waals surface area contributed by atoms with Gasteiger partial charge in [0, 0.05) is 13.7 Å². The molecule has 1 heterocycles. The predicted octanol–water partition coefficient (Wildman–Crippen LogP) is -0.0477. The Kier molecular flexibility index (Phi) is 2.40. The molecule has 3 nitrogen and oxygen atoms in total. The van der Waals surface area contributed by atoms with Crippen LogP contribution in [0.25, 0.3) is 0 Å². The maximum atomic E-state index is 10.8. The largest absolute Gasteiger partial charge is 0.380 e. The Morgan fingerprint density at radius 3 is 2.70 bits per heavy atom. The van der Waals surface area contributed by atoms with Gasteiger partial charge in [-0.25, -0.2) is 0 Å². The average molecular weight is 143 g/mol. The lowest BCUT2D eigenvalue weighted by atomic mass is 10.1. The molecule has 3 heteroatoms. The number of carbonyl (C=O) groups is 1. The van der Waals surface area contributed by atoms with Gasteiger partial charge < -0.3 is 10.1 Å². The molecule has 0 bridgehead atoms. The van der Waals surface area contributed by atoms with Gasteiger partial charge in [0.25, 0.3) is 0 Å². The Hall–Kier alpha value is -0.410. The monoisotopic (exact) mass is 143 g/mol. The van der Waals surface area contributed by atoms with E-state index in [-0.39, 0.29) is 17.9 Å². The second-order valence-electron chi connectivity index (χ2n) is 2.66. The summed E-state index contributed by atoms with van der Waals surface area (Å²) < 4.78 is 5.08. The third kappa shape index (κ3) is 1.55. The Balaban J connectivity index is 2.35. The molecule has 1 saturated heterocycles. The van der Waals surface area contributed by atoms with Crippen LogP contribution in [0.3, 0.4) is 0 Å². The zero-order chi connectivity index (χ0) is 7.56. The topological polar surface area (TPSA) is 38.3 Å². The molecule has 0 saturated carbocycles. The molecule has 1 N–H and O–H groups in total. The highest BCUT2D eigenvalue weighted by Gasteiger charge is 2.26. The second kappa shape index (κ2) is 3.12. The van der Waals surface area contributed by atoms with Crippen LogP contribution >= 0.6 is 0 Å². The Morgan fingerprint density at radius 1 is 1.70 bits per heavy atom. The van der Waals surface area contributed by atoms with Crippen LogP contribution in [-0.4, -0.2) is 31.6 Å².